The van der Waals surface area contributed by atoms with Crippen molar-refractivity contribution in [3.05, 3.63) is 0 Å². The van der Waals surface area contributed by atoms with Crippen molar-refractivity contribution in [3.63, 3.8) is 0 Å². The van der Waals surface area contributed by atoms with Crippen LogP contribution in [0.1, 0.15) is 25.7 Å². The predicted molar refractivity (Wildman–Crippen MR) is 87.7 cm³/mol. The van der Waals surface area contributed by atoms with Crippen molar-refractivity contribution in [2.75, 3.05) is 19.6 Å². The van der Waals surface area contributed by atoms with E-state index in [2.05, 4.69) is 9.60 Å². The lowest BCUT2D eigenvalue weighted by molar-refractivity contribution is -0.127. The van der Waals surface area contributed by atoms with Gasteiger partial charge in [0, 0.05) is 25.7 Å². The Bertz CT molecular complexity index is 822. The molecular formula is C12H20N4O9S2. The summed E-state index contributed by atoms with van der Waals surface area (Å²) in [5, 5.41) is 3.33. The molecule has 3 rings (SSSR count). The Balaban J connectivity index is 1.58. The smallest absolute Gasteiger partial charge is 0.351 e. The Morgan fingerprint density at radius 2 is 1.70 bits per heavy atom. The standard InChI is InChI=1S/C12H20N4O9S2/c17-11(13-8-3-5-14(6-4-8)26(19,20)21)10-2-1-9-7-15(10)12(18)16(9)25-27(22,23)24/h8-10H,1-7H2,(H,13,17)(H,19,20,21)(H,22,23,24)/t9-,10+/m0/s1. The Morgan fingerprint density at radius 3 is 2.26 bits per heavy atom. The number of carbonyl (C=O) groups excluding carboxylic acids is 2. The van der Waals surface area contributed by atoms with Crippen molar-refractivity contribution in [3.8, 4) is 0 Å². The molecule has 0 aromatic rings. The maximum Gasteiger partial charge on any atom is 0.418 e. The van der Waals surface area contributed by atoms with Crippen molar-refractivity contribution < 1.29 is 39.8 Å². The van der Waals surface area contributed by atoms with Gasteiger partial charge in [-0.3, -0.25) is 13.9 Å². The van der Waals surface area contributed by atoms with Gasteiger partial charge in [0.1, 0.15) is 6.04 Å². The molecule has 2 bridgehead atoms. The minimum atomic E-state index is -4.85. The summed E-state index contributed by atoms with van der Waals surface area (Å²) >= 11 is 0. The zero-order valence-corrected chi connectivity index (χ0v) is 15.7. The first kappa shape index (κ1) is 20.2. The molecule has 3 saturated heterocycles. The number of fused-ring (bicyclic) bond motifs is 2. The largest absolute Gasteiger partial charge is 0.418 e. The van der Waals surface area contributed by atoms with Gasteiger partial charge in [0.15, 0.2) is 0 Å². The number of hydroxylamine groups is 2. The number of nitrogens with one attached hydrogen (secondary N) is 1. The summed E-state index contributed by atoms with van der Waals surface area (Å²) in [4.78, 5) is 26.0. The molecule has 3 aliphatic rings. The molecule has 0 spiro atoms. The second-order valence-electron chi connectivity index (χ2n) is 6.67. The number of urea groups is 1. The van der Waals surface area contributed by atoms with Gasteiger partial charge >= 0.3 is 26.7 Å². The molecule has 3 heterocycles. The van der Waals surface area contributed by atoms with Gasteiger partial charge < -0.3 is 10.2 Å². The van der Waals surface area contributed by atoms with Crippen LogP contribution in [0.15, 0.2) is 0 Å². The molecule has 0 aromatic heterocycles. The van der Waals surface area contributed by atoms with E-state index < -0.39 is 44.7 Å². The second kappa shape index (κ2) is 7.14. The quantitative estimate of drug-likeness (QED) is 0.434. The summed E-state index contributed by atoms with van der Waals surface area (Å²) in [5.41, 5.74) is 0. The lowest BCUT2D eigenvalue weighted by Crippen LogP contribution is -2.54. The predicted octanol–water partition coefficient (Wildman–Crippen LogP) is -1.63. The molecule has 3 aliphatic heterocycles. The minimum Gasteiger partial charge on any atom is -0.351 e. The van der Waals surface area contributed by atoms with E-state index in [1.807, 2.05) is 0 Å². The van der Waals surface area contributed by atoms with E-state index in [-0.39, 0.29) is 32.1 Å². The van der Waals surface area contributed by atoms with Crippen LogP contribution in [0.25, 0.3) is 0 Å². The van der Waals surface area contributed by atoms with Gasteiger partial charge in [-0.1, -0.05) is 0 Å². The van der Waals surface area contributed by atoms with Gasteiger partial charge in [-0.2, -0.15) is 26.2 Å². The average Bonchev–Trinajstić information content (AvgIpc) is 2.78. The van der Waals surface area contributed by atoms with Crippen molar-refractivity contribution in [2.24, 2.45) is 0 Å². The number of amides is 3. The molecule has 0 radical (unpaired) electrons. The molecule has 154 valence electrons. The van der Waals surface area contributed by atoms with Crippen LogP contribution in [0.2, 0.25) is 0 Å². The first-order chi connectivity index (χ1) is 12.5. The summed E-state index contributed by atoms with van der Waals surface area (Å²) in [6, 6.07) is -2.53. The Morgan fingerprint density at radius 1 is 1.07 bits per heavy atom. The number of rotatable bonds is 5. The molecule has 3 amide bonds. The highest BCUT2D eigenvalue weighted by atomic mass is 32.3. The van der Waals surface area contributed by atoms with Crippen molar-refractivity contribution in [2.45, 2.75) is 43.8 Å². The molecule has 0 saturated carbocycles. The minimum absolute atomic E-state index is 0.0646. The lowest BCUT2D eigenvalue weighted by Gasteiger charge is -2.33. The highest BCUT2D eigenvalue weighted by Gasteiger charge is 2.49. The van der Waals surface area contributed by atoms with Gasteiger partial charge in [0.05, 0.1) is 6.04 Å². The van der Waals surface area contributed by atoms with Crippen LogP contribution in [0.3, 0.4) is 0 Å². The van der Waals surface area contributed by atoms with E-state index in [1.165, 1.54) is 4.90 Å². The lowest BCUT2D eigenvalue weighted by atomic mass is 9.99. The molecule has 2 atom stereocenters. The van der Waals surface area contributed by atoms with E-state index in [9.17, 15) is 26.4 Å². The molecule has 3 fully saturated rings. The fraction of sp³-hybridized carbons (Fsp3) is 0.833. The second-order valence-corrected chi connectivity index (χ2v) is 9.09. The van der Waals surface area contributed by atoms with E-state index >= 15 is 0 Å². The summed E-state index contributed by atoms with van der Waals surface area (Å²) in [7, 11) is -9.11. The van der Waals surface area contributed by atoms with Gasteiger partial charge in [-0.25, -0.2) is 4.79 Å². The third-order valence-corrected chi connectivity index (χ3v) is 6.29. The molecule has 0 unspecified atom stereocenters. The van der Waals surface area contributed by atoms with Crippen molar-refractivity contribution >= 4 is 32.6 Å². The summed E-state index contributed by atoms with van der Waals surface area (Å²) < 4.78 is 66.9. The van der Waals surface area contributed by atoms with Crippen LogP contribution < -0.4 is 5.32 Å². The van der Waals surface area contributed by atoms with Crippen molar-refractivity contribution in [1.29, 1.82) is 0 Å². The molecule has 27 heavy (non-hydrogen) atoms. The van der Waals surface area contributed by atoms with Gasteiger partial charge in [-0.05, 0) is 25.7 Å². The van der Waals surface area contributed by atoms with Crippen LogP contribution in [0.5, 0.6) is 0 Å². The SMILES string of the molecule is O=C(NC1CCN(S(=O)(=O)O)CC1)[C@H]1CC[C@H]2CN1C(=O)N2OS(=O)(=O)O. The van der Waals surface area contributed by atoms with Crippen LogP contribution in [0.4, 0.5) is 4.79 Å². The van der Waals surface area contributed by atoms with E-state index in [1.54, 1.807) is 0 Å². The first-order valence-corrected chi connectivity index (χ1v) is 11.0. The third-order valence-electron chi connectivity index (χ3n) is 4.93. The number of carbonyl (C=O) groups is 2. The molecule has 15 heteroatoms. The van der Waals surface area contributed by atoms with E-state index in [0.29, 0.717) is 24.3 Å². The monoisotopic (exact) mass is 428 g/mol. The topological polar surface area (TPSA) is 174 Å². The highest BCUT2D eigenvalue weighted by Crippen LogP contribution is 2.31. The van der Waals surface area contributed by atoms with Crippen LogP contribution in [0, 0.1) is 0 Å². The summed E-state index contributed by atoms with van der Waals surface area (Å²) in [6.07, 6.45) is 1.23. The maximum absolute atomic E-state index is 12.6. The summed E-state index contributed by atoms with van der Waals surface area (Å²) in [6.45, 7) is 0.220. The van der Waals surface area contributed by atoms with Gasteiger partial charge in [0.25, 0.3) is 0 Å². The Hall–Kier alpha value is -1.52. The number of piperidine rings is 2. The van der Waals surface area contributed by atoms with Crippen LogP contribution >= 0.6 is 0 Å². The zero-order chi connectivity index (χ0) is 20.0. The number of hydrogen-bond donors (Lipinski definition) is 3. The third kappa shape index (κ3) is 4.49. The first-order valence-electron chi connectivity index (χ1n) is 8.25. The average molecular weight is 428 g/mol. The Labute approximate surface area is 156 Å². The molecule has 0 aliphatic carbocycles. The summed E-state index contributed by atoms with van der Waals surface area (Å²) in [5.74, 6) is -0.430. The van der Waals surface area contributed by atoms with E-state index in [0.717, 1.165) is 4.31 Å². The fourth-order valence-corrected chi connectivity index (χ4v) is 4.69. The van der Waals surface area contributed by atoms with Crippen LogP contribution in [-0.2, 0) is 29.8 Å². The molecule has 13 nitrogen and oxygen atoms in total. The highest BCUT2D eigenvalue weighted by molar-refractivity contribution is 7.83. The molecule has 0 aromatic carbocycles. The maximum atomic E-state index is 12.6. The van der Waals surface area contributed by atoms with Gasteiger partial charge in [0.2, 0.25) is 5.91 Å². The number of hydrogen-bond acceptors (Lipinski definition) is 7. The normalized spacial score (nSPS) is 27.9. The van der Waals surface area contributed by atoms with Crippen LogP contribution in [-0.4, -0.2) is 89.9 Å². The zero-order valence-electron chi connectivity index (χ0n) is 14.1. The fourth-order valence-electron chi connectivity index (χ4n) is 3.63. The molecular weight excluding hydrogens is 408 g/mol. The van der Waals surface area contributed by atoms with Gasteiger partial charge in [-0.15, -0.1) is 4.28 Å². The van der Waals surface area contributed by atoms with E-state index in [4.69, 9.17) is 9.11 Å². The Kier molecular flexibility index (Phi) is 5.35. The molecule has 3 N–H and O–H groups in total. The van der Waals surface area contributed by atoms with Crippen molar-refractivity contribution in [1.82, 2.24) is 19.6 Å². The number of nitrogens with zero attached hydrogens (tertiary/aromatic N) is 3.